The van der Waals surface area contributed by atoms with Crippen LogP contribution in [0.3, 0.4) is 0 Å². The molecular formula is C11H13N3O2. The molecule has 1 fully saturated rings. The van der Waals surface area contributed by atoms with Crippen molar-refractivity contribution >= 4 is 11.7 Å². The zero-order valence-electron chi connectivity index (χ0n) is 9.03. The molecule has 0 amide bonds. The van der Waals surface area contributed by atoms with Gasteiger partial charge in [-0.1, -0.05) is 0 Å². The summed E-state index contributed by atoms with van der Waals surface area (Å²) in [6.07, 6.45) is 4.51. The zero-order valence-corrected chi connectivity index (χ0v) is 9.03. The van der Waals surface area contributed by atoms with E-state index in [1.54, 1.807) is 0 Å². The maximum Gasteiger partial charge on any atom is 0.309 e. The van der Waals surface area contributed by atoms with Gasteiger partial charge >= 0.3 is 5.97 Å². The Balaban J connectivity index is 2.03. The first-order chi connectivity index (χ1) is 7.65. The Kier molecular flexibility index (Phi) is 1.83. The van der Waals surface area contributed by atoms with Gasteiger partial charge in [0.2, 0.25) is 5.78 Å². The molecule has 0 radical (unpaired) electrons. The fourth-order valence-corrected chi connectivity index (χ4v) is 2.02. The van der Waals surface area contributed by atoms with Crippen LogP contribution in [-0.2, 0) is 11.2 Å². The van der Waals surface area contributed by atoms with Crippen molar-refractivity contribution < 1.29 is 9.90 Å². The van der Waals surface area contributed by atoms with E-state index in [-0.39, 0.29) is 6.42 Å². The number of aryl methyl sites for hydroxylation is 1. The molecule has 0 unspecified atom stereocenters. The van der Waals surface area contributed by atoms with Crippen molar-refractivity contribution in [3.63, 3.8) is 0 Å². The van der Waals surface area contributed by atoms with Gasteiger partial charge in [0.15, 0.2) is 0 Å². The topological polar surface area (TPSA) is 70.4 Å². The van der Waals surface area contributed by atoms with E-state index in [1.165, 1.54) is 18.5 Å². The summed E-state index contributed by atoms with van der Waals surface area (Å²) in [5.41, 5.74) is 2.77. The number of nitrogens with one attached hydrogen (secondary N) is 1. The Hall–Kier alpha value is -1.78. The van der Waals surface area contributed by atoms with Gasteiger partial charge in [-0.2, -0.15) is 0 Å². The SMILES string of the molecule is Cc1c(CC(=O)O)nc2[nH]c(C3CC3)cn12. The highest BCUT2D eigenvalue weighted by Gasteiger charge is 2.26. The van der Waals surface area contributed by atoms with Gasteiger partial charge in [-0.3, -0.25) is 9.20 Å². The van der Waals surface area contributed by atoms with Gasteiger partial charge in [0.25, 0.3) is 0 Å². The highest BCUT2D eigenvalue weighted by molar-refractivity contribution is 5.70. The van der Waals surface area contributed by atoms with Crippen LogP contribution in [0.1, 0.15) is 35.8 Å². The number of H-pyrrole nitrogens is 1. The number of imidazole rings is 2. The summed E-state index contributed by atoms with van der Waals surface area (Å²) in [6, 6.07) is 0. The molecule has 5 nitrogen and oxygen atoms in total. The first-order valence-electron chi connectivity index (χ1n) is 5.43. The molecule has 0 atom stereocenters. The summed E-state index contributed by atoms with van der Waals surface area (Å²) < 4.78 is 1.95. The van der Waals surface area contributed by atoms with Gasteiger partial charge in [-0.25, -0.2) is 4.98 Å². The van der Waals surface area contributed by atoms with Crippen molar-refractivity contribution in [2.45, 2.75) is 32.1 Å². The number of carboxylic acids is 1. The predicted molar refractivity (Wildman–Crippen MR) is 57.6 cm³/mol. The van der Waals surface area contributed by atoms with Crippen LogP contribution in [0.5, 0.6) is 0 Å². The van der Waals surface area contributed by atoms with Crippen LogP contribution in [0.15, 0.2) is 6.20 Å². The largest absolute Gasteiger partial charge is 0.481 e. The average Bonchev–Trinajstić information content (AvgIpc) is 2.92. The summed E-state index contributed by atoms with van der Waals surface area (Å²) in [7, 11) is 0. The molecule has 84 valence electrons. The van der Waals surface area contributed by atoms with Crippen molar-refractivity contribution in [3.8, 4) is 0 Å². The maximum atomic E-state index is 10.6. The van der Waals surface area contributed by atoms with Gasteiger partial charge in [-0.05, 0) is 19.8 Å². The van der Waals surface area contributed by atoms with Crippen molar-refractivity contribution in [1.82, 2.24) is 14.4 Å². The standard InChI is InChI=1S/C11H13N3O2/c1-6-8(4-10(15)16)12-11-13-9(5-14(6)11)7-2-3-7/h5,7H,2-4H2,1H3,(H,12,13)(H,15,16). The van der Waals surface area contributed by atoms with Crippen LogP contribution in [0.4, 0.5) is 0 Å². The Labute approximate surface area is 92.1 Å². The third-order valence-corrected chi connectivity index (χ3v) is 3.11. The number of fused-ring (bicyclic) bond motifs is 1. The molecule has 2 heterocycles. The van der Waals surface area contributed by atoms with E-state index in [0.29, 0.717) is 11.6 Å². The zero-order chi connectivity index (χ0) is 11.3. The normalized spacial score (nSPS) is 15.8. The van der Waals surface area contributed by atoms with Gasteiger partial charge in [0, 0.05) is 23.5 Å². The molecule has 1 aliphatic carbocycles. The molecule has 3 rings (SSSR count). The minimum atomic E-state index is -0.841. The number of carbonyl (C=O) groups is 1. The summed E-state index contributed by atoms with van der Waals surface area (Å²) >= 11 is 0. The number of rotatable bonds is 3. The van der Waals surface area contributed by atoms with Crippen LogP contribution >= 0.6 is 0 Å². The number of aromatic nitrogens is 3. The third kappa shape index (κ3) is 1.39. The first kappa shape index (κ1) is 9.45. The van der Waals surface area contributed by atoms with E-state index in [9.17, 15) is 4.79 Å². The molecule has 2 aromatic rings. The van der Waals surface area contributed by atoms with Crippen molar-refractivity contribution in [2.75, 3.05) is 0 Å². The van der Waals surface area contributed by atoms with E-state index in [1.807, 2.05) is 17.5 Å². The molecule has 1 saturated carbocycles. The molecule has 2 aromatic heterocycles. The molecule has 1 aliphatic rings. The minimum absolute atomic E-state index is 0.0138. The maximum absolute atomic E-state index is 10.6. The molecule has 0 spiro atoms. The summed E-state index contributed by atoms with van der Waals surface area (Å²) in [5.74, 6) is 0.575. The van der Waals surface area contributed by atoms with Crippen molar-refractivity contribution in [1.29, 1.82) is 0 Å². The smallest absolute Gasteiger partial charge is 0.309 e. The number of hydrogen-bond acceptors (Lipinski definition) is 2. The van der Waals surface area contributed by atoms with Gasteiger partial charge in [-0.15, -0.1) is 0 Å². The second-order valence-electron chi connectivity index (χ2n) is 4.39. The van der Waals surface area contributed by atoms with E-state index in [4.69, 9.17) is 5.11 Å². The lowest BCUT2D eigenvalue weighted by atomic mass is 10.2. The number of aliphatic carboxylic acids is 1. The molecule has 5 heteroatoms. The second-order valence-corrected chi connectivity index (χ2v) is 4.39. The van der Waals surface area contributed by atoms with Crippen LogP contribution in [0.2, 0.25) is 0 Å². The summed E-state index contributed by atoms with van der Waals surface area (Å²) in [6.45, 7) is 1.91. The van der Waals surface area contributed by atoms with E-state index in [2.05, 4.69) is 9.97 Å². The number of nitrogens with zero attached hydrogens (tertiary/aromatic N) is 2. The molecule has 0 aliphatic heterocycles. The fourth-order valence-electron chi connectivity index (χ4n) is 2.02. The molecule has 2 N–H and O–H groups in total. The molecule has 0 saturated heterocycles. The van der Waals surface area contributed by atoms with E-state index >= 15 is 0 Å². The molecular weight excluding hydrogens is 206 g/mol. The summed E-state index contributed by atoms with van der Waals surface area (Å²) in [4.78, 5) is 18.2. The van der Waals surface area contributed by atoms with Crippen LogP contribution in [-0.4, -0.2) is 25.4 Å². The van der Waals surface area contributed by atoms with Crippen molar-refractivity contribution in [3.05, 3.63) is 23.3 Å². The lowest BCUT2D eigenvalue weighted by Gasteiger charge is -1.94. The molecule has 16 heavy (non-hydrogen) atoms. The molecule has 0 bridgehead atoms. The monoisotopic (exact) mass is 219 g/mol. The number of carboxylic acid groups (broad SMARTS) is 1. The lowest BCUT2D eigenvalue weighted by molar-refractivity contribution is -0.136. The van der Waals surface area contributed by atoms with Gasteiger partial charge in [0.05, 0.1) is 12.1 Å². The minimum Gasteiger partial charge on any atom is -0.481 e. The van der Waals surface area contributed by atoms with Crippen LogP contribution in [0, 0.1) is 6.92 Å². The lowest BCUT2D eigenvalue weighted by Crippen LogP contribution is -2.02. The van der Waals surface area contributed by atoms with Crippen LogP contribution < -0.4 is 0 Å². The Bertz CT molecular complexity index is 563. The first-order valence-corrected chi connectivity index (χ1v) is 5.43. The van der Waals surface area contributed by atoms with Crippen molar-refractivity contribution in [2.24, 2.45) is 0 Å². The average molecular weight is 219 g/mol. The Morgan fingerprint density at radius 1 is 1.69 bits per heavy atom. The Morgan fingerprint density at radius 2 is 2.44 bits per heavy atom. The summed E-state index contributed by atoms with van der Waals surface area (Å²) in [5, 5.41) is 8.75. The van der Waals surface area contributed by atoms with E-state index < -0.39 is 5.97 Å². The van der Waals surface area contributed by atoms with Gasteiger partial charge < -0.3 is 10.1 Å². The van der Waals surface area contributed by atoms with Crippen LogP contribution in [0.25, 0.3) is 5.78 Å². The predicted octanol–water partition coefficient (Wildman–Crippen LogP) is 1.48. The van der Waals surface area contributed by atoms with Gasteiger partial charge in [0.1, 0.15) is 0 Å². The van der Waals surface area contributed by atoms with E-state index in [0.717, 1.165) is 11.5 Å². The molecule has 0 aromatic carbocycles. The number of aromatic amines is 1. The third-order valence-electron chi connectivity index (χ3n) is 3.11. The quantitative estimate of drug-likeness (QED) is 0.821. The Morgan fingerprint density at radius 3 is 3.00 bits per heavy atom. The fraction of sp³-hybridized carbons (Fsp3) is 0.455. The highest BCUT2D eigenvalue weighted by atomic mass is 16.4. The highest BCUT2D eigenvalue weighted by Crippen LogP contribution is 2.39. The number of hydrogen-bond donors (Lipinski definition) is 2. The second kappa shape index (κ2) is 3.10.